The minimum absolute atomic E-state index is 0.552. The van der Waals surface area contributed by atoms with E-state index in [-0.39, 0.29) is 0 Å². The maximum Gasteiger partial charge on any atom is 0.140 e. The summed E-state index contributed by atoms with van der Waals surface area (Å²) in [5.74, 6) is 6.95. The maximum atomic E-state index is 6.05. The first-order valence-electron chi connectivity index (χ1n) is 5.66. The van der Waals surface area contributed by atoms with E-state index >= 15 is 0 Å². The Hall–Kier alpha value is -0.840. The number of benzene rings is 1. The number of unbranched alkanes of at least 4 members (excludes halogenated alkanes) is 1. The highest BCUT2D eigenvalue weighted by Crippen LogP contribution is 2.32. The van der Waals surface area contributed by atoms with Gasteiger partial charge >= 0.3 is 0 Å². The van der Waals surface area contributed by atoms with Gasteiger partial charge in [-0.1, -0.05) is 30.1 Å². The monoisotopic (exact) mass is 270 g/mol. The molecule has 0 fully saturated rings. The summed E-state index contributed by atoms with van der Waals surface area (Å²) in [6.45, 7) is 2.12. The lowest BCUT2D eigenvalue weighted by Gasteiger charge is -2.09. The van der Waals surface area contributed by atoms with Crippen LogP contribution in [-0.4, -0.2) is 7.11 Å². The molecule has 0 aliphatic carbocycles. The largest absolute Gasteiger partial charge is 0.495 e. The van der Waals surface area contributed by atoms with Crippen LogP contribution in [0.3, 0.4) is 0 Å². The summed E-state index contributed by atoms with van der Waals surface area (Å²) in [5.41, 5.74) is 1.01. The van der Waals surface area contributed by atoms with Crippen LogP contribution in [0.25, 0.3) is 0 Å². The highest BCUT2D eigenvalue weighted by molar-refractivity contribution is 6.35. The van der Waals surface area contributed by atoms with Gasteiger partial charge in [0.05, 0.1) is 12.1 Å². The molecular weight excluding hydrogens is 255 g/mol. The highest BCUT2D eigenvalue weighted by atomic mass is 35.5. The predicted molar refractivity (Wildman–Crippen MR) is 74.0 cm³/mol. The number of methoxy groups -OCH3 is 1. The molecule has 1 nitrogen and oxygen atoms in total. The van der Waals surface area contributed by atoms with E-state index in [1.807, 2.05) is 6.07 Å². The van der Waals surface area contributed by atoms with E-state index in [2.05, 4.69) is 18.8 Å². The van der Waals surface area contributed by atoms with E-state index < -0.39 is 0 Å². The van der Waals surface area contributed by atoms with Crippen LogP contribution in [-0.2, 0) is 6.42 Å². The molecule has 1 rings (SSSR count). The zero-order valence-corrected chi connectivity index (χ0v) is 11.7. The number of hydrogen-bond acceptors (Lipinski definition) is 1. The van der Waals surface area contributed by atoms with Crippen LogP contribution in [0.15, 0.2) is 12.1 Å². The van der Waals surface area contributed by atoms with Crippen LogP contribution in [0, 0.1) is 11.8 Å². The number of halogens is 2. The molecule has 0 saturated heterocycles. The van der Waals surface area contributed by atoms with Gasteiger partial charge in [0.2, 0.25) is 0 Å². The Balaban J connectivity index is 2.73. The van der Waals surface area contributed by atoms with E-state index in [0.717, 1.165) is 31.2 Å². The Bertz CT molecular complexity index is 430. The molecule has 0 unspecified atom stereocenters. The van der Waals surface area contributed by atoms with Crippen molar-refractivity contribution in [3.8, 4) is 17.6 Å². The minimum atomic E-state index is 0.552. The summed E-state index contributed by atoms with van der Waals surface area (Å²) in [6, 6.07) is 3.57. The van der Waals surface area contributed by atoms with Crippen molar-refractivity contribution < 1.29 is 4.74 Å². The van der Waals surface area contributed by atoms with Gasteiger partial charge in [-0.05, 0) is 30.5 Å². The summed E-state index contributed by atoms with van der Waals surface area (Å²) in [5, 5.41) is 1.18. The molecule has 1 aromatic carbocycles. The lowest BCUT2D eigenvalue weighted by molar-refractivity contribution is 0.410. The lowest BCUT2D eigenvalue weighted by Crippen LogP contribution is -1.93. The van der Waals surface area contributed by atoms with Crippen molar-refractivity contribution in [2.24, 2.45) is 0 Å². The summed E-state index contributed by atoms with van der Waals surface area (Å²) in [4.78, 5) is 0. The molecule has 0 heterocycles. The first-order chi connectivity index (χ1) is 8.19. The van der Waals surface area contributed by atoms with Crippen LogP contribution in [0.5, 0.6) is 5.75 Å². The Morgan fingerprint density at radius 3 is 2.53 bits per heavy atom. The van der Waals surface area contributed by atoms with Crippen molar-refractivity contribution in [1.82, 2.24) is 0 Å². The van der Waals surface area contributed by atoms with Gasteiger partial charge < -0.3 is 4.74 Å². The first-order valence-corrected chi connectivity index (χ1v) is 6.42. The minimum Gasteiger partial charge on any atom is -0.495 e. The van der Waals surface area contributed by atoms with Crippen molar-refractivity contribution in [2.45, 2.75) is 32.6 Å². The SMILES string of the molecule is CCCC#CCCc1cc(Cl)cc(Cl)c1OC. The van der Waals surface area contributed by atoms with Gasteiger partial charge in [-0.15, -0.1) is 11.8 Å². The quantitative estimate of drug-likeness (QED) is 0.719. The van der Waals surface area contributed by atoms with Crippen molar-refractivity contribution in [3.63, 3.8) is 0 Å². The van der Waals surface area contributed by atoms with Crippen LogP contribution in [0.4, 0.5) is 0 Å². The Morgan fingerprint density at radius 2 is 1.88 bits per heavy atom. The first kappa shape index (κ1) is 14.2. The van der Waals surface area contributed by atoms with Crippen molar-refractivity contribution in [2.75, 3.05) is 7.11 Å². The molecule has 1 aromatic rings. The zero-order valence-electron chi connectivity index (χ0n) is 10.1. The number of aryl methyl sites for hydroxylation is 1. The topological polar surface area (TPSA) is 9.23 Å². The molecule has 0 atom stereocenters. The van der Waals surface area contributed by atoms with Gasteiger partial charge in [0.1, 0.15) is 5.75 Å². The molecule has 92 valence electrons. The smallest absolute Gasteiger partial charge is 0.140 e. The van der Waals surface area contributed by atoms with E-state index in [0.29, 0.717) is 15.8 Å². The molecule has 0 aliphatic heterocycles. The highest BCUT2D eigenvalue weighted by Gasteiger charge is 2.08. The number of hydrogen-bond donors (Lipinski definition) is 0. The fraction of sp³-hybridized carbons (Fsp3) is 0.429. The second-order valence-electron chi connectivity index (χ2n) is 3.68. The molecular formula is C14H16Cl2O. The van der Waals surface area contributed by atoms with Gasteiger partial charge in [0.25, 0.3) is 0 Å². The fourth-order valence-electron chi connectivity index (χ4n) is 1.53. The molecule has 0 aromatic heterocycles. The van der Waals surface area contributed by atoms with E-state index in [1.54, 1.807) is 13.2 Å². The molecule has 0 radical (unpaired) electrons. The van der Waals surface area contributed by atoms with Crippen molar-refractivity contribution in [3.05, 3.63) is 27.7 Å². The van der Waals surface area contributed by atoms with E-state index in [4.69, 9.17) is 27.9 Å². The van der Waals surface area contributed by atoms with Crippen LogP contribution in [0.1, 0.15) is 31.7 Å². The van der Waals surface area contributed by atoms with E-state index in [9.17, 15) is 0 Å². The average molecular weight is 271 g/mol. The Labute approximate surface area is 113 Å². The third-order valence-electron chi connectivity index (χ3n) is 2.31. The molecule has 0 N–H and O–H groups in total. The van der Waals surface area contributed by atoms with Gasteiger partial charge in [0, 0.05) is 17.9 Å². The summed E-state index contributed by atoms with van der Waals surface area (Å²) in [7, 11) is 1.61. The molecule has 0 aliphatic rings. The number of rotatable bonds is 4. The summed E-state index contributed by atoms with van der Waals surface area (Å²) >= 11 is 12.0. The van der Waals surface area contributed by atoms with E-state index in [1.165, 1.54) is 0 Å². The maximum absolute atomic E-state index is 6.05. The Morgan fingerprint density at radius 1 is 1.18 bits per heavy atom. The molecule has 17 heavy (non-hydrogen) atoms. The molecule has 0 spiro atoms. The Kier molecular flexibility index (Phi) is 6.26. The normalized spacial score (nSPS) is 9.65. The number of ether oxygens (including phenoxy) is 1. The van der Waals surface area contributed by atoms with Crippen LogP contribution < -0.4 is 4.74 Å². The van der Waals surface area contributed by atoms with Crippen LogP contribution >= 0.6 is 23.2 Å². The third kappa shape index (κ3) is 4.50. The second-order valence-corrected chi connectivity index (χ2v) is 4.53. The summed E-state index contributed by atoms with van der Waals surface area (Å²) < 4.78 is 5.27. The molecule has 0 saturated carbocycles. The van der Waals surface area contributed by atoms with Crippen molar-refractivity contribution >= 4 is 23.2 Å². The van der Waals surface area contributed by atoms with Gasteiger partial charge in [-0.25, -0.2) is 0 Å². The predicted octanol–water partition coefficient (Wildman–Crippen LogP) is 4.74. The third-order valence-corrected chi connectivity index (χ3v) is 2.81. The van der Waals surface area contributed by atoms with Crippen molar-refractivity contribution in [1.29, 1.82) is 0 Å². The lowest BCUT2D eigenvalue weighted by atomic mass is 10.1. The summed E-state index contributed by atoms with van der Waals surface area (Å²) in [6.07, 6.45) is 3.65. The molecule has 0 bridgehead atoms. The van der Waals surface area contributed by atoms with Gasteiger partial charge in [-0.3, -0.25) is 0 Å². The average Bonchev–Trinajstić information content (AvgIpc) is 2.28. The molecule has 0 amide bonds. The van der Waals surface area contributed by atoms with Gasteiger partial charge in [-0.2, -0.15) is 0 Å². The zero-order chi connectivity index (χ0) is 12.7. The standard InChI is InChI=1S/C14H16Cl2O/c1-3-4-5-6-7-8-11-9-12(15)10-13(16)14(11)17-2/h9-10H,3-4,7-8H2,1-2H3. The van der Waals surface area contributed by atoms with Gasteiger partial charge in [0.15, 0.2) is 0 Å². The second kappa shape index (κ2) is 7.48. The molecule has 3 heteroatoms. The fourth-order valence-corrected chi connectivity index (χ4v) is 2.14. The van der Waals surface area contributed by atoms with Crippen LogP contribution in [0.2, 0.25) is 10.0 Å².